The smallest absolute Gasteiger partial charge is 0.0205 e. The van der Waals surface area contributed by atoms with Crippen LogP contribution in [0.25, 0.3) is 0 Å². The summed E-state index contributed by atoms with van der Waals surface area (Å²) in [6, 6.07) is 6.48. The number of aryl methyl sites for hydroxylation is 1. The monoisotopic (exact) mass is 299 g/mol. The molecular weight excluding hydrogens is 282 g/mol. The standard InChI is InChI=1S/C13H18BrNS/c1-3-7-16-8-6-15-10-12-4-5-13(14)11(2)9-12/h3-5,9,15H,1,6-8,10H2,2H3. The highest BCUT2D eigenvalue weighted by Crippen LogP contribution is 2.16. The van der Waals surface area contributed by atoms with Crippen molar-refractivity contribution in [2.75, 3.05) is 18.1 Å². The van der Waals surface area contributed by atoms with Crippen molar-refractivity contribution >= 4 is 27.7 Å². The van der Waals surface area contributed by atoms with Gasteiger partial charge in [0.25, 0.3) is 0 Å². The van der Waals surface area contributed by atoms with Crippen LogP contribution in [0.1, 0.15) is 11.1 Å². The predicted molar refractivity (Wildman–Crippen MR) is 78.1 cm³/mol. The molecule has 0 amide bonds. The second-order valence-electron chi connectivity index (χ2n) is 3.62. The molecule has 1 rings (SSSR count). The summed E-state index contributed by atoms with van der Waals surface area (Å²) in [5.41, 5.74) is 2.63. The summed E-state index contributed by atoms with van der Waals surface area (Å²) >= 11 is 5.41. The lowest BCUT2D eigenvalue weighted by atomic mass is 10.1. The zero-order chi connectivity index (χ0) is 11.8. The Bertz CT molecular complexity index is 339. The van der Waals surface area contributed by atoms with Crippen LogP contribution in [0.3, 0.4) is 0 Å². The maximum Gasteiger partial charge on any atom is 0.0205 e. The van der Waals surface area contributed by atoms with Gasteiger partial charge < -0.3 is 5.32 Å². The molecule has 0 radical (unpaired) electrons. The molecule has 0 aliphatic carbocycles. The van der Waals surface area contributed by atoms with E-state index >= 15 is 0 Å². The van der Waals surface area contributed by atoms with Gasteiger partial charge in [0.05, 0.1) is 0 Å². The maximum atomic E-state index is 3.70. The van der Waals surface area contributed by atoms with Gasteiger partial charge in [-0.15, -0.1) is 6.58 Å². The van der Waals surface area contributed by atoms with Crippen LogP contribution in [0.5, 0.6) is 0 Å². The van der Waals surface area contributed by atoms with Crippen LogP contribution >= 0.6 is 27.7 Å². The first-order valence-electron chi connectivity index (χ1n) is 5.38. The molecule has 0 aromatic heterocycles. The van der Waals surface area contributed by atoms with E-state index in [0.29, 0.717) is 0 Å². The van der Waals surface area contributed by atoms with E-state index in [0.717, 1.165) is 24.6 Å². The summed E-state index contributed by atoms with van der Waals surface area (Å²) in [7, 11) is 0. The number of thioether (sulfide) groups is 1. The summed E-state index contributed by atoms with van der Waals surface area (Å²) in [5, 5.41) is 3.44. The lowest BCUT2D eigenvalue weighted by Crippen LogP contribution is -2.16. The fourth-order valence-corrected chi connectivity index (χ4v) is 2.23. The zero-order valence-electron chi connectivity index (χ0n) is 9.63. The Morgan fingerprint density at radius 2 is 2.31 bits per heavy atom. The molecule has 88 valence electrons. The maximum absolute atomic E-state index is 3.70. The van der Waals surface area contributed by atoms with Crippen molar-refractivity contribution in [3.05, 3.63) is 46.5 Å². The third kappa shape index (κ3) is 5.19. The van der Waals surface area contributed by atoms with E-state index in [4.69, 9.17) is 0 Å². The van der Waals surface area contributed by atoms with E-state index in [2.05, 4.69) is 52.9 Å². The molecule has 0 aliphatic heterocycles. The van der Waals surface area contributed by atoms with Crippen LogP contribution in [0.15, 0.2) is 35.3 Å². The zero-order valence-corrected chi connectivity index (χ0v) is 12.0. The van der Waals surface area contributed by atoms with Crippen molar-refractivity contribution in [2.24, 2.45) is 0 Å². The van der Waals surface area contributed by atoms with Gasteiger partial charge in [0.2, 0.25) is 0 Å². The molecule has 0 saturated heterocycles. The molecule has 0 spiro atoms. The molecule has 0 saturated carbocycles. The van der Waals surface area contributed by atoms with E-state index in [1.165, 1.54) is 15.6 Å². The Balaban J connectivity index is 2.21. The molecule has 1 N–H and O–H groups in total. The van der Waals surface area contributed by atoms with Gasteiger partial charge in [0, 0.05) is 29.1 Å². The summed E-state index contributed by atoms with van der Waals surface area (Å²) in [4.78, 5) is 0. The summed E-state index contributed by atoms with van der Waals surface area (Å²) in [6.07, 6.45) is 1.95. The van der Waals surface area contributed by atoms with E-state index in [1.807, 2.05) is 17.8 Å². The number of benzene rings is 1. The van der Waals surface area contributed by atoms with Crippen molar-refractivity contribution in [1.82, 2.24) is 5.32 Å². The molecule has 0 aliphatic rings. The number of halogens is 1. The Kier molecular flexibility index (Phi) is 6.85. The van der Waals surface area contributed by atoms with Gasteiger partial charge in [-0.1, -0.05) is 34.1 Å². The lowest BCUT2D eigenvalue weighted by Gasteiger charge is -2.06. The van der Waals surface area contributed by atoms with Crippen LogP contribution in [-0.4, -0.2) is 18.1 Å². The molecule has 1 aromatic rings. The van der Waals surface area contributed by atoms with E-state index in [1.54, 1.807) is 0 Å². The van der Waals surface area contributed by atoms with E-state index in [-0.39, 0.29) is 0 Å². The molecule has 0 unspecified atom stereocenters. The fourth-order valence-electron chi connectivity index (χ4n) is 1.36. The topological polar surface area (TPSA) is 12.0 Å². The minimum absolute atomic E-state index is 0.947. The first-order chi connectivity index (χ1) is 7.74. The molecule has 1 nitrogen and oxygen atoms in total. The highest BCUT2D eigenvalue weighted by Gasteiger charge is 1.96. The predicted octanol–water partition coefficient (Wildman–Crippen LogP) is 3.77. The van der Waals surface area contributed by atoms with Crippen molar-refractivity contribution in [3.63, 3.8) is 0 Å². The highest BCUT2D eigenvalue weighted by atomic mass is 79.9. The van der Waals surface area contributed by atoms with Crippen molar-refractivity contribution in [2.45, 2.75) is 13.5 Å². The second-order valence-corrected chi connectivity index (χ2v) is 5.63. The van der Waals surface area contributed by atoms with Crippen LogP contribution in [-0.2, 0) is 6.54 Å². The summed E-state index contributed by atoms with van der Waals surface area (Å²) in [6.45, 7) is 7.81. The molecular formula is C13H18BrNS. The average molecular weight is 300 g/mol. The van der Waals surface area contributed by atoms with Crippen molar-refractivity contribution in [3.8, 4) is 0 Å². The second kappa shape index (κ2) is 7.93. The van der Waals surface area contributed by atoms with Crippen LogP contribution in [0, 0.1) is 6.92 Å². The summed E-state index contributed by atoms with van der Waals surface area (Å²) in [5.74, 6) is 2.18. The largest absolute Gasteiger partial charge is 0.312 e. The highest BCUT2D eigenvalue weighted by molar-refractivity contribution is 9.10. The van der Waals surface area contributed by atoms with Gasteiger partial charge in [-0.3, -0.25) is 0 Å². The van der Waals surface area contributed by atoms with Gasteiger partial charge in [-0.05, 0) is 24.1 Å². The van der Waals surface area contributed by atoms with Gasteiger partial charge in [-0.25, -0.2) is 0 Å². The Labute approximate surface area is 111 Å². The number of rotatable bonds is 7. The molecule has 3 heteroatoms. The first-order valence-corrected chi connectivity index (χ1v) is 7.33. The normalized spacial score (nSPS) is 10.4. The number of nitrogens with one attached hydrogen (secondary N) is 1. The Morgan fingerprint density at radius 1 is 1.50 bits per heavy atom. The molecule has 0 bridgehead atoms. The number of hydrogen-bond donors (Lipinski definition) is 1. The van der Waals surface area contributed by atoms with E-state index in [9.17, 15) is 0 Å². The fraction of sp³-hybridized carbons (Fsp3) is 0.385. The molecule has 1 aromatic carbocycles. The van der Waals surface area contributed by atoms with Gasteiger partial charge in [0.15, 0.2) is 0 Å². The Morgan fingerprint density at radius 3 is 3.00 bits per heavy atom. The molecule has 16 heavy (non-hydrogen) atoms. The van der Waals surface area contributed by atoms with Crippen molar-refractivity contribution < 1.29 is 0 Å². The van der Waals surface area contributed by atoms with Crippen LogP contribution < -0.4 is 5.32 Å². The van der Waals surface area contributed by atoms with Crippen LogP contribution in [0.4, 0.5) is 0 Å². The molecule has 0 heterocycles. The first kappa shape index (κ1) is 13.8. The average Bonchev–Trinajstić information content (AvgIpc) is 2.28. The third-order valence-corrected chi connectivity index (χ3v) is 4.06. The Hall–Kier alpha value is -0.250. The minimum atomic E-state index is 0.947. The van der Waals surface area contributed by atoms with Gasteiger partial charge in [-0.2, -0.15) is 11.8 Å². The van der Waals surface area contributed by atoms with Gasteiger partial charge >= 0.3 is 0 Å². The molecule has 0 atom stereocenters. The van der Waals surface area contributed by atoms with Gasteiger partial charge in [0.1, 0.15) is 0 Å². The van der Waals surface area contributed by atoms with E-state index < -0.39 is 0 Å². The van der Waals surface area contributed by atoms with Crippen LogP contribution in [0.2, 0.25) is 0 Å². The third-order valence-electron chi connectivity index (χ3n) is 2.21. The SMILES string of the molecule is C=CCSCCNCc1ccc(Br)c(C)c1. The quantitative estimate of drug-likeness (QED) is 0.608. The lowest BCUT2D eigenvalue weighted by molar-refractivity contribution is 0.731. The summed E-state index contributed by atoms with van der Waals surface area (Å²) < 4.78 is 1.18. The molecule has 0 fully saturated rings. The minimum Gasteiger partial charge on any atom is -0.312 e. The number of hydrogen-bond acceptors (Lipinski definition) is 2. The van der Waals surface area contributed by atoms with Crippen molar-refractivity contribution in [1.29, 1.82) is 0 Å².